The van der Waals surface area contributed by atoms with Gasteiger partial charge in [-0.05, 0) is 51.0 Å². The number of hydrogen-bond acceptors (Lipinski definition) is 6. The lowest BCUT2D eigenvalue weighted by molar-refractivity contribution is -0.120. The number of carbonyl (C=O) groups is 2. The van der Waals surface area contributed by atoms with E-state index in [0.717, 1.165) is 37.4 Å². The third-order valence-corrected chi connectivity index (χ3v) is 4.65. The van der Waals surface area contributed by atoms with Crippen LogP contribution in [0.15, 0.2) is 36.4 Å². The minimum atomic E-state index is -0.429. The van der Waals surface area contributed by atoms with Gasteiger partial charge in [0.2, 0.25) is 5.91 Å². The average molecular weight is 368 g/mol. The lowest BCUT2D eigenvalue weighted by atomic mass is 9.95. The number of ether oxygens (including phenoxy) is 1. The zero-order chi connectivity index (χ0) is 19.2. The van der Waals surface area contributed by atoms with E-state index in [4.69, 9.17) is 4.74 Å². The lowest BCUT2D eigenvalue weighted by Gasteiger charge is -2.31. The van der Waals surface area contributed by atoms with E-state index in [9.17, 15) is 9.59 Å². The standard InChI is InChI=1S/C20H24N4O3/c1-3-27-20(26)16-6-4-5-7-17(16)21-19(25)15-10-12-24(13-11-15)18-9-8-14(2)22-23-18/h4-9,15H,3,10-13H2,1-2H3,(H,21,25). The number of hydrogen-bond donors (Lipinski definition) is 1. The van der Waals surface area contributed by atoms with Crippen molar-refractivity contribution in [2.24, 2.45) is 5.92 Å². The summed E-state index contributed by atoms with van der Waals surface area (Å²) in [5.41, 5.74) is 1.75. The van der Waals surface area contributed by atoms with E-state index in [1.807, 2.05) is 19.1 Å². The third kappa shape index (κ3) is 4.61. The molecule has 0 unspecified atom stereocenters. The molecule has 3 rings (SSSR count). The van der Waals surface area contributed by atoms with Crippen LogP contribution in [0.2, 0.25) is 0 Å². The van der Waals surface area contributed by atoms with Crippen molar-refractivity contribution in [2.45, 2.75) is 26.7 Å². The highest BCUT2D eigenvalue weighted by atomic mass is 16.5. The molecule has 142 valence electrons. The molecular formula is C20H24N4O3. The smallest absolute Gasteiger partial charge is 0.340 e. The maximum atomic E-state index is 12.7. The maximum Gasteiger partial charge on any atom is 0.340 e. The van der Waals surface area contributed by atoms with Gasteiger partial charge >= 0.3 is 5.97 Å². The molecule has 1 saturated heterocycles. The van der Waals surface area contributed by atoms with Gasteiger partial charge in [-0.2, -0.15) is 5.10 Å². The van der Waals surface area contributed by atoms with Gasteiger partial charge in [0.15, 0.2) is 5.82 Å². The van der Waals surface area contributed by atoms with E-state index in [-0.39, 0.29) is 11.8 Å². The summed E-state index contributed by atoms with van der Waals surface area (Å²) in [6.45, 7) is 5.44. The van der Waals surface area contributed by atoms with Crippen LogP contribution in [-0.2, 0) is 9.53 Å². The Morgan fingerprint density at radius 3 is 2.56 bits per heavy atom. The minimum absolute atomic E-state index is 0.0682. The van der Waals surface area contributed by atoms with Crippen LogP contribution in [0.25, 0.3) is 0 Å². The summed E-state index contributed by atoms with van der Waals surface area (Å²) < 4.78 is 5.06. The Hall–Kier alpha value is -2.96. The number of nitrogens with one attached hydrogen (secondary N) is 1. The summed E-state index contributed by atoms with van der Waals surface area (Å²) >= 11 is 0. The van der Waals surface area contributed by atoms with Crippen LogP contribution in [0.3, 0.4) is 0 Å². The van der Waals surface area contributed by atoms with Gasteiger partial charge in [-0.15, -0.1) is 5.10 Å². The minimum Gasteiger partial charge on any atom is -0.462 e. The van der Waals surface area contributed by atoms with Crippen molar-refractivity contribution in [1.29, 1.82) is 0 Å². The number of esters is 1. The molecule has 0 atom stereocenters. The second-order valence-corrected chi connectivity index (χ2v) is 6.55. The number of rotatable bonds is 5. The van der Waals surface area contributed by atoms with Gasteiger partial charge in [0.25, 0.3) is 0 Å². The van der Waals surface area contributed by atoms with Crippen LogP contribution < -0.4 is 10.2 Å². The fourth-order valence-electron chi connectivity index (χ4n) is 3.15. The number of nitrogens with zero attached hydrogens (tertiary/aromatic N) is 3. The summed E-state index contributed by atoms with van der Waals surface area (Å²) in [7, 11) is 0. The van der Waals surface area contributed by atoms with Gasteiger partial charge in [0.1, 0.15) is 0 Å². The zero-order valence-corrected chi connectivity index (χ0v) is 15.6. The Balaban J connectivity index is 1.60. The van der Waals surface area contributed by atoms with Crippen molar-refractivity contribution in [3.8, 4) is 0 Å². The highest BCUT2D eigenvalue weighted by molar-refractivity contribution is 6.01. The molecule has 0 spiro atoms. The van der Waals surface area contributed by atoms with E-state index in [0.29, 0.717) is 17.9 Å². The first-order valence-corrected chi connectivity index (χ1v) is 9.20. The molecule has 27 heavy (non-hydrogen) atoms. The van der Waals surface area contributed by atoms with E-state index in [1.165, 1.54) is 0 Å². The molecule has 2 heterocycles. The van der Waals surface area contributed by atoms with Gasteiger partial charge in [-0.25, -0.2) is 4.79 Å². The highest BCUT2D eigenvalue weighted by Gasteiger charge is 2.26. The molecule has 1 amide bonds. The van der Waals surface area contributed by atoms with Crippen molar-refractivity contribution < 1.29 is 14.3 Å². The van der Waals surface area contributed by atoms with Gasteiger partial charge in [0, 0.05) is 19.0 Å². The number of piperidine rings is 1. The molecule has 0 radical (unpaired) electrons. The SMILES string of the molecule is CCOC(=O)c1ccccc1NC(=O)C1CCN(c2ccc(C)nn2)CC1. The second kappa shape index (κ2) is 8.62. The molecule has 0 aliphatic carbocycles. The molecule has 1 aliphatic rings. The van der Waals surface area contributed by atoms with Crippen molar-refractivity contribution in [1.82, 2.24) is 10.2 Å². The molecule has 0 bridgehead atoms. The number of amides is 1. The lowest BCUT2D eigenvalue weighted by Crippen LogP contribution is -2.38. The average Bonchev–Trinajstić information content (AvgIpc) is 2.69. The maximum absolute atomic E-state index is 12.7. The predicted molar refractivity (Wildman–Crippen MR) is 103 cm³/mol. The fourth-order valence-corrected chi connectivity index (χ4v) is 3.15. The molecule has 7 nitrogen and oxygen atoms in total. The van der Waals surface area contributed by atoms with Gasteiger partial charge in [0.05, 0.1) is 23.6 Å². The van der Waals surface area contributed by atoms with E-state index in [1.54, 1.807) is 31.2 Å². The normalized spacial score (nSPS) is 14.7. The molecule has 1 N–H and O–H groups in total. The summed E-state index contributed by atoms with van der Waals surface area (Å²) in [4.78, 5) is 26.9. The summed E-state index contributed by atoms with van der Waals surface area (Å²) in [6, 6.07) is 10.8. The van der Waals surface area contributed by atoms with Gasteiger partial charge in [-0.1, -0.05) is 12.1 Å². The van der Waals surface area contributed by atoms with Crippen LogP contribution in [-0.4, -0.2) is 41.8 Å². The predicted octanol–water partition coefficient (Wildman–Crippen LogP) is 2.82. The zero-order valence-electron chi connectivity index (χ0n) is 15.6. The first-order valence-electron chi connectivity index (χ1n) is 9.20. The Bertz CT molecular complexity index is 799. The van der Waals surface area contributed by atoms with Crippen molar-refractivity contribution in [3.63, 3.8) is 0 Å². The summed E-state index contributed by atoms with van der Waals surface area (Å²) in [5, 5.41) is 11.2. The summed E-state index contributed by atoms with van der Waals surface area (Å²) in [6.07, 6.45) is 1.45. The molecule has 1 aliphatic heterocycles. The number of anilines is 2. The Morgan fingerprint density at radius 2 is 1.89 bits per heavy atom. The van der Waals surface area contributed by atoms with Crippen LogP contribution in [0, 0.1) is 12.8 Å². The van der Waals surface area contributed by atoms with E-state index in [2.05, 4.69) is 20.4 Å². The highest BCUT2D eigenvalue weighted by Crippen LogP contribution is 2.24. The first-order chi connectivity index (χ1) is 13.1. The quantitative estimate of drug-likeness (QED) is 0.817. The van der Waals surface area contributed by atoms with Crippen LogP contribution in [0.5, 0.6) is 0 Å². The molecule has 1 aromatic carbocycles. The van der Waals surface area contributed by atoms with Gasteiger partial charge in [-0.3, -0.25) is 4.79 Å². The topological polar surface area (TPSA) is 84.4 Å². The molecule has 7 heteroatoms. The molecular weight excluding hydrogens is 344 g/mol. The number of carbonyl (C=O) groups excluding carboxylic acids is 2. The third-order valence-electron chi connectivity index (χ3n) is 4.65. The number of benzene rings is 1. The van der Waals surface area contributed by atoms with Crippen molar-refractivity contribution >= 4 is 23.4 Å². The van der Waals surface area contributed by atoms with E-state index >= 15 is 0 Å². The number of aromatic nitrogens is 2. The van der Waals surface area contributed by atoms with E-state index < -0.39 is 5.97 Å². The number of aryl methyl sites for hydroxylation is 1. The molecule has 1 aromatic heterocycles. The fraction of sp³-hybridized carbons (Fsp3) is 0.400. The van der Waals surface area contributed by atoms with Crippen LogP contribution >= 0.6 is 0 Å². The second-order valence-electron chi connectivity index (χ2n) is 6.55. The molecule has 1 fully saturated rings. The Morgan fingerprint density at radius 1 is 1.15 bits per heavy atom. The Labute approximate surface area is 158 Å². The van der Waals surface area contributed by atoms with Crippen LogP contribution in [0.4, 0.5) is 11.5 Å². The Kier molecular flexibility index (Phi) is 6.01. The molecule has 0 saturated carbocycles. The molecule has 2 aromatic rings. The number of para-hydroxylation sites is 1. The first kappa shape index (κ1) is 18.8. The van der Waals surface area contributed by atoms with Gasteiger partial charge < -0.3 is 15.0 Å². The largest absolute Gasteiger partial charge is 0.462 e. The van der Waals surface area contributed by atoms with Crippen molar-refractivity contribution in [2.75, 3.05) is 29.9 Å². The van der Waals surface area contributed by atoms with Crippen molar-refractivity contribution in [3.05, 3.63) is 47.7 Å². The van der Waals surface area contributed by atoms with Crippen LogP contribution in [0.1, 0.15) is 35.8 Å². The summed E-state index contributed by atoms with van der Waals surface area (Å²) in [5.74, 6) is 0.240. The monoisotopic (exact) mass is 368 g/mol.